The van der Waals surface area contributed by atoms with Crippen molar-refractivity contribution in [2.45, 2.75) is 12.3 Å². The molecule has 0 radical (unpaired) electrons. The van der Waals surface area contributed by atoms with E-state index in [2.05, 4.69) is 22.0 Å². The second-order valence-corrected chi connectivity index (χ2v) is 4.93. The number of carbonyl (C=O) groups excluding carboxylic acids is 1. The summed E-state index contributed by atoms with van der Waals surface area (Å²) in [7, 11) is 3.47. The number of carbonyl (C=O) groups is 1. The van der Waals surface area contributed by atoms with Crippen molar-refractivity contribution in [3.05, 3.63) is 29.7 Å². The Morgan fingerprint density at radius 1 is 1.53 bits per heavy atom. The number of esters is 1. The number of likely N-dealkylation sites (N-methyl/N-ethyl adjacent to an activating group) is 1. The number of methoxy groups -OCH3 is 1. The average molecular weight is 260 g/mol. The van der Waals surface area contributed by atoms with Crippen LogP contribution in [0.15, 0.2) is 18.3 Å². The molecule has 0 spiro atoms. The maximum Gasteiger partial charge on any atom is 0.338 e. The zero-order valence-corrected chi connectivity index (χ0v) is 11.0. The van der Waals surface area contributed by atoms with Gasteiger partial charge >= 0.3 is 5.97 Å². The number of pyridine rings is 1. The highest BCUT2D eigenvalue weighted by atomic mass is 16.5. The van der Waals surface area contributed by atoms with E-state index < -0.39 is 0 Å². The monoisotopic (exact) mass is 260 g/mol. The van der Waals surface area contributed by atoms with Gasteiger partial charge in [-0.2, -0.15) is 5.10 Å². The summed E-state index contributed by atoms with van der Waals surface area (Å²) >= 11 is 0. The minimum absolute atomic E-state index is 0.354. The second kappa shape index (κ2) is 4.62. The number of nitrogens with zero attached hydrogens (tertiary/aromatic N) is 4. The number of fused-ring (bicyclic) bond motifs is 1. The maximum atomic E-state index is 11.5. The summed E-state index contributed by atoms with van der Waals surface area (Å²) in [5.74, 6) is 0.880. The fourth-order valence-corrected chi connectivity index (χ4v) is 2.46. The number of likely N-dealkylation sites (tertiary alicyclic amines) is 1. The number of hydrogen-bond acceptors (Lipinski definition) is 5. The Morgan fingerprint density at radius 2 is 2.37 bits per heavy atom. The van der Waals surface area contributed by atoms with Crippen molar-refractivity contribution in [1.82, 2.24) is 19.5 Å². The summed E-state index contributed by atoms with van der Waals surface area (Å²) in [6.07, 6.45) is 2.83. The lowest BCUT2D eigenvalue weighted by Gasteiger charge is -2.05. The van der Waals surface area contributed by atoms with Gasteiger partial charge < -0.3 is 9.64 Å². The summed E-state index contributed by atoms with van der Waals surface area (Å²) in [6, 6.07) is 3.40. The molecule has 0 saturated carbocycles. The molecule has 1 saturated heterocycles. The van der Waals surface area contributed by atoms with E-state index in [-0.39, 0.29) is 5.97 Å². The molecule has 1 unspecified atom stereocenters. The molecule has 0 aromatic carbocycles. The van der Waals surface area contributed by atoms with Crippen LogP contribution < -0.4 is 0 Å². The van der Waals surface area contributed by atoms with E-state index >= 15 is 0 Å². The molecule has 0 N–H and O–H groups in total. The molecule has 1 aliphatic rings. The Kier molecular flexibility index (Phi) is 2.94. The van der Waals surface area contributed by atoms with Gasteiger partial charge in [0.1, 0.15) is 0 Å². The van der Waals surface area contributed by atoms with Crippen LogP contribution in [0, 0.1) is 0 Å². The first-order chi connectivity index (χ1) is 9.17. The molecule has 2 aromatic heterocycles. The lowest BCUT2D eigenvalue weighted by molar-refractivity contribution is 0.0600. The van der Waals surface area contributed by atoms with Crippen molar-refractivity contribution in [3.63, 3.8) is 0 Å². The molecule has 100 valence electrons. The highest BCUT2D eigenvalue weighted by molar-refractivity contribution is 5.90. The van der Waals surface area contributed by atoms with Crippen LogP contribution in [0.5, 0.6) is 0 Å². The highest BCUT2D eigenvalue weighted by Crippen LogP contribution is 2.24. The average Bonchev–Trinajstić information content (AvgIpc) is 3.02. The van der Waals surface area contributed by atoms with Crippen LogP contribution in [0.25, 0.3) is 5.65 Å². The molecule has 1 fully saturated rings. The maximum absolute atomic E-state index is 11.5. The fraction of sp³-hybridized carbons (Fsp3) is 0.462. The van der Waals surface area contributed by atoms with Gasteiger partial charge in [0.05, 0.1) is 12.7 Å². The standard InChI is InChI=1S/C13H16N4O2/c1-16-5-3-10(8-16)12-14-11-7-9(13(18)19-2)4-6-17(11)15-12/h4,6-7,10H,3,5,8H2,1-2H3. The van der Waals surface area contributed by atoms with Crippen molar-refractivity contribution < 1.29 is 9.53 Å². The van der Waals surface area contributed by atoms with E-state index in [1.807, 2.05) is 0 Å². The first-order valence-electron chi connectivity index (χ1n) is 6.30. The first kappa shape index (κ1) is 12.1. The van der Waals surface area contributed by atoms with Crippen molar-refractivity contribution >= 4 is 11.6 Å². The molecule has 1 atom stereocenters. The van der Waals surface area contributed by atoms with E-state index in [4.69, 9.17) is 4.74 Å². The summed E-state index contributed by atoms with van der Waals surface area (Å²) in [5, 5.41) is 4.48. The molecular formula is C13H16N4O2. The zero-order chi connectivity index (χ0) is 13.4. The largest absolute Gasteiger partial charge is 0.465 e. The smallest absolute Gasteiger partial charge is 0.338 e. The Balaban J connectivity index is 1.94. The molecule has 1 aliphatic heterocycles. The van der Waals surface area contributed by atoms with Crippen LogP contribution in [-0.2, 0) is 4.74 Å². The predicted molar refractivity (Wildman–Crippen MR) is 69.2 cm³/mol. The summed E-state index contributed by atoms with van der Waals surface area (Å²) in [6.45, 7) is 2.06. The van der Waals surface area contributed by atoms with Gasteiger partial charge in [-0.05, 0) is 32.1 Å². The van der Waals surface area contributed by atoms with E-state index in [9.17, 15) is 4.79 Å². The van der Waals surface area contributed by atoms with Gasteiger partial charge in [-0.15, -0.1) is 0 Å². The van der Waals surface area contributed by atoms with Gasteiger partial charge in [0.2, 0.25) is 0 Å². The molecule has 6 nitrogen and oxygen atoms in total. The predicted octanol–water partition coefficient (Wildman–Crippen LogP) is 0.935. The van der Waals surface area contributed by atoms with Gasteiger partial charge in [-0.3, -0.25) is 0 Å². The Labute approximate surface area is 111 Å². The minimum Gasteiger partial charge on any atom is -0.465 e. The SMILES string of the molecule is COC(=O)c1ccn2nc(C3CCN(C)C3)nc2c1. The molecule has 6 heteroatoms. The third kappa shape index (κ3) is 2.19. The van der Waals surface area contributed by atoms with Crippen molar-refractivity contribution in [2.75, 3.05) is 27.2 Å². The van der Waals surface area contributed by atoms with E-state index in [0.29, 0.717) is 17.1 Å². The molecule has 2 aromatic rings. The van der Waals surface area contributed by atoms with Gasteiger partial charge in [0.15, 0.2) is 11.5 Å². The Morgan fingerprint density at radius 3 is 3.05 bits per heavy atom. The first-order valence-corrected chi connectivity index (χ1v) is 6.30. The molecule has 0 aliphatic carbocycles. The molecule has 3 rings (SSSR count). The number of ether oxygens (including phenoxy) is 1. The minimum atomic E-state index is -0.354. The lowest BCUT2D eigenvalue weighted by atomic mass is 10.1. The molecule has 19 heavy (non-hydrogen) atoms. The number of aromatic nitrogens is 3. The van der Waals surface area contributed by atoms with Crippen molar-refractivity contribution in [2.24, 2.45) is 0 Å². The van der Waals surface area contributed by atoms with Crippen LogP contribution in [0.2, 0.25) is 0 Å². The third-order valence-corrected chi connectivity index (χ3v) is 3.53. The summed E-state index contributed by atoms with van der Waals surface area (Å²) in [4.78, 5) is 18.3. The lowest BCUT2D eigenvalue weighted by Crippen LogP contribution is -2.13. The summed E-state index contributed by atoms with van der Waals surface area (Å²) < 4.78 is 6.41. The molecular weight excluding hydrogens is 244 g/mol. The van der Waals surface area contributed by atoms with Gasteiger partial charge in [-0.1, -0.05) is 0 Å². The quantitative estimate of drug-likeness (QED) is 0.752. The molecule has 0 amide bonds. The van der Waals surface area contributed by atoms with Gasteiger partial charge in [-0.25, -0.2) is 14.3 Å². The van der Waals surface area contributed by atoms with E-state index in [1.54, 1.807) is 22.8 Å². The van der Waals surface area contributed by atoms with Gasteiger partial charge in [0.25, 0.3) is 0 Å². The van der Waals surface area contributed by atoms with Crippen LogP contribution in [-0.4, -0.2) is 52.7 Å². The highest BCUT2D eigenvalue weighted by Gasteiger charge is 2.24. The van der Waals surface area contributed by atoms with Crippen LogP contribution in [0.4, 0.5) is 0 Å². The second-order valence-electron chi connectivity index (χ2n) is 4.93. The van der Waals surface area contributed by atoms with Crippen LogP contribution >= 0.6 is 0 Å². The fourth-order valence-electron chi connectivity index (χ4n) is 2.46. The topological polar surface area (TPSA) is 59.7 Å². The molecule has 0 bridgehead atoms. The van der Waals surface area contributed by atoms with Crippen LogP contribution in [0.3, 0.4) is 0 Å². The van der Waals surface area contributed by atoms with E-state index in [0.717, 1.165) is 25.3 Å². The third-order valence-electron chi connectivity index (χ3n) is 3.53. The summed E-state index contributed by atoms with van der Waals surface area (Å²) in [5.41, 5.74) is 1.19. The number of rotatable bonds is 2. The van der Waals surface area contributed by atoms with Gasteiger partial charge in [0, 0.05) is 18.7 Å². The normalized spacial score (nSPS) is 20.0. The zero-order valence-electron chi connectivity index (χ0n) is 11.0. The Bertz CT molecular complexity index is 622. The van der Waals surface area contributed by atoms with Crippen molar-refractivity contribution in [3.8, 4) is 0 Å². The van der Waals surface area contributed by atoms with Crippen molar-refractivity contribution in [1.29, 1.82) is 0 Å². The Hall–Kier alpha value is -1.95. The van der Waals surface area contributed by atoms with E-state index in [1.165, 1.54) is 7.11 Å². The number of hydrogen-bond donors (Lipinski definition) is 0. The molecule has 3 heterocycles. The van der Waals surface area contributed by atoms with Crippen LogP contribution in [0.1, 0.15) is 28.5 Å².